The third-order valence-corrected chi connectivity index (χ3v) is 10.5. The number of hydrogen-bond acceptors (Lipinski definition) is 10. The third-order valence-electron chi connectivity index (χ3n) is 8.78. The summed E-state index contributed by atoms with van der Waals surface area (Å²) < 4.78 is 11.3. The van der Waals surface area contributed by atoms with E-state index in [9.17, 15) is 9.59 Å². The Labute approximate surface area is 228 Å². The van der Waals surface area contributed by atoms with E-state index in [1.165, 1.54) is 0 Å². The van der Waals surface area contributed by atoms with Crippen LogP contribution in [0.1, 0.15) is 19.8 Å². The van der Waals surface area contributed by atoms with E-state index >= 15 is 0 Å². The number of likely N-dealkylation sites (tertiary alicyclic amines) is 1. The molecular formula is C24H42ClN7O4S. The first kappa shape index (κ1) is 27.9. The first-order valence-electron chi connectivity index (χ1n) is 13.5. The van der Waals surface area contributed by atoms with Crippen LogP contribution in [0.3, 0.4) is 0 Å². The van der Waals surface area contributed by atoms with E-state index in [-0.39, 0.29) is 70.1 Å². The zero-order chi connectivity index (χ0) is 26.1. The molecule has 5 aliphatic heterocycles. The number of rotatable bonds is 6. The van der Waals surface area contributed by atoms with Gasteiger partial charge in [-0.15, -0.1) is 23.4 Å². The summed E-state index contributed by atoms with van der Waals surface area (Å²) in [5.41, 5.74) is -0.253. The molecule has 0 aromatic rings. The van der Waals surface area contributed by atoms with Gasteiger partial charge in [0.15, 0.2) is 0 Å². The number of ether oxygens (including phenoxy) is 2. The average molecular weight is 560 g/mol. The number of thioether (sulfide) groups is 1. The SMILES string of the molecule is COC1CNCNC1C(=O)N1CC2NC(NC(=O)C3CNC(C)CC3C3CC(Cl)NCC3OC)SC2C1. The van der Waals surface area contributed by atoms with Crippen molar-refractivity contribution in [1.82, 2.24) is 36.8 Å². The summed E-state index contributed by atoms with van der Waals surface area (Å²) in [7, 11) is 3.39. The molecule has 0 saturated carbocycles. The maximum absolute atomic E-state index is 13.6. The Morgan fingerprint density at radius 1 is 1.00 bits per heavy atom. The number of carbonyl (C=O) groups is 2. The van der Waals surface area contributed by atoms with Crippen LogP contribution in [0.4, 0.5) is 0 Å². The summed E-state index contributed by atoms with van der Waals surface area (Å²) in [6.07, 6.45) is 1.59. The number of carbonyl (C=O) groups excluding carboxylic acids is 2. The van der Waals surface area contributed by atoms with Crippen molar-refractivity contribution in [3.8, 4) is 0 Å². The van der Waals surface area contributed by atoms with Gasteiger partial charge in [-0.1, -0.05) is 0 Å². The lowest BCUT2D eigenvalue weighted by Gasteiger charge is -2.45. The summed E-state index contributed by atoms with van der Waals surface area (Å²) in [4.78, 5) is 28.7. The van der Waals surface area contributed by atoms with Crippen LogP contribution in [-0.4, -0.2) is 117 Å². The molecule has 210 valence electrons. The molecule has 37 heavy (non-hydrogen) atoms. The molecule has 0 radical (unpaired) electrons. The van der Waals surface area contributed by atoms with Gasteiger partial charge in [-0.2, -0.15) is 0 Å². The fourth-order valence-electron chi connectivity index (χ4n) is 6.75. The normalized spacial score (nSPS) is 44.4. The number of fused-ring (bicyclic) bond motifs is 1. The molecule has 11 unspecified atom stereocenters. The third kappa shape index (κ3) is 6.07. The van der Waals surface area contributed by atoms with Crippen molar-refractivity contribution >= 4 is 35.2 Å². The minimum Gasteiger partial charge on any atom is -0.380 e. The monoisotopic (exact) mass is 559 g/mol. The lowest BCUT2D eigenvalue weighted by Crippen LogP contribution is -2.62. The van der Waals surface area contributed by atoms with Gasteiger partial charge in [-0.05, 0) is 31.6 Å². The molecule has 0 aromatic carbocycles. The van der Waals surface area contributed by atoms with Gasteiger partial charge in [0, 0.05) is 70.9 Å². The molecule has 6 N–H and O–H groups in total. The first-order valence-corrected chi connectivity index (χ1v) is 14.9. The lowest BCUT2D eigenvalue weighted by molar-refractivity contribution is -0.137. The standard InChI is InChI=1S/C24H42ClN7O4S/c1-12-4-13(14-5-20(25)28-8-17(14)35-2)15(6-27-12)22(33)31-24-30-16-9-32(10-19(16)37-24)23(34)21-18(36-3)7-26-11-29-21/h12-21,24,26-30H,4-11H2,1-3H3,(H,31,33). The van der Waals surface area contributed by atoms with E-state index in [1.54, 1.807) is 26.0 Å². The van der Waals surface area contributed by atoms with Crippen molar-refractivity contribution in [3.05, 3.63) is 0 Å². The molecule has 0 bridgehead atoms. The zero-order valence-corrected chi connectivity index (χ0v) is 23.4. The molecular weight excluding hydrogens is 518 g/mol. The van der Waals surface area contributed by atoms with E-state index in [0.717, 1.165) is 12.8 Å². The smallest absolute Gasteiger partial charge is 0.242 e. The number of nitrogens with zero attached hydrogens (tertiary/aromatic N) is 1. The number of methoxy groups -OCH3 is 2. The minimum absolute atomic E-state index is 0.0506. The Balaban J connectivity index is 1.16. The van der Waals surface area contributed by atoms with Crippen molar-refractivity contribution in [2.75, 3.05) is 53.6 Å². The molecule has 0 aromatic heterocycles. The minimum atomic E-state index is -0.331. The molecule has 5 saturated heterocycles. The van der Waals surface area contributed by atoms with Gasteiger partial charge in [0.2, 0.25) is 11.8 Å². The zero-order valence-electron chi connectivity index (χ0n) is 21.9. The van der Waals surface area contributed by atoms with Gasteiger partial charge < -0.3 is 30.3 Å². The quantitative estimate of drug-likeness (QED) is 0.171. The topological polar surface area (TPSA) is 128 Å². The van der Waals surface area contributed by atoms with Crippen LogP contribution in [0.15, 0.2) is 0 Å². The largest absolute Gasteiger partial charge is 0.380 e. The van der Waals surface area contributed by atoms with Crippen LogP contribution in [0.2, 0.25) is 0 Å². The number of hydrogen-bond donors (Lipinski definition) is 6. The Hall–Kier alpha value is -0.700. The van der Waals surface area contributed by atoms with Crippen LogP contribution in [-0.2, 0) is 19.1 Å². The summed E-state index contributed by atoms with van der Waals surface area (Å²) in [6.45, 7) is 6.10. The fourth-order valence-corrected chi connectivity index (χ4v) is 8.46. The van der Waals surface area contributed by atoms with E-state index in [2.05, 4.69) is 38.8 Å². The highest BCUT2D eigenvalue weighted by molar-refractivity contribution is 8.00. The first-order chi connectivity index (χ1) is 17.9. The molecule has 5 aliphatic rings. The van der Waals surface area contributed by atoms with Crippen LogP contribution < -0.4 is 31.9 Å². The maximum Gasteiger partial charge on any atom is 0.242 e. The van der Waals surface area contributed by atoms with E-state index in [4.69, 9.17) is 21.1 Å². The van der Waals surface area contributed by atoms with Gasteiger partial charge in [0.25, 0.3) is 0 Å². The van der Waals surface area contributed by atoms with Gasteiger partial charge in [0.05, 0.1) is 23.6 Å². The summed E-state index contributed by atoms with van der Waals surface area (Å²) in [5.74, 6) is 0.456. The summed E-state index contributed by atoms with van der Waals surface area (Å²) in [6, 6.07) is 0.174. The molecule has 2 amide bonds. The Morgan fingerprint density at radius 2 is 1.81 bits per heavy atom. The highest BCUT2D eigenvalue weighted by atomic mass is 35.5. The van der Waals surface area contributed by atoms with Crippen molar-refractivity contribution in [2.24, 2.45) is 17.8 Å². The molecule has 13 heteroatoms. The second kappa shape index (κ2) is 12.2. The van der Waals surface area contributed by atoms with Crippen LogP contribution in [0.5, 0.6) is 0 Å². The Bertz CT molecular complexity index is 816. The number of piperidine rings is 2. The highest BCUT2D eigenvalue weighted by Crippen LogP contribution is 2.38. The Morgan fingerprint density at radius 3 is 2.57 bits per heavy atom. The number of halogens is 1. The van der Waals surface area contributed by atoms with Crippen LogP contribution in [0.25, 0.3) is 0 Å². The number of alkyl halides is 1. The summed E-state index contributed by atoms with van der Waals surface area (Å²) in [5, 5.41) is 20.3. The van der Waals surface area contributed by atoms with Crippen molar-refractivity contribution in [2.45, 2.75) is 66.3 Å². The van der Waals surface area contributed by atoms with Gasteiger partial charge >= 0.3 is 0 Å². The fraction of sp³-hybridized carbons (Fsp3) is 0.917. The predicted octanol–water partition coefficient (Wildman–Crippen LogP) is -1.36. The second-order valence-corrected chi connectivity index (χ2v) is 12.9. The average Bonchev–Trinajstić information content (AvgIpc) is 3.47. The molecule has 5 fully saturated rings. The lowest BCUT2D eigenvalue weighted by atomic mass is 9.70. The molecule has 0 spiro atoms. The van der Waals surface area contributed by atoms with E-state index in [1.807, 2.05) is 4.90 Å². The van der Waals surface area contributed by atoms with E-state index in [0.29, 0.717) is 45.4 Å². The van der Waals surface area contributed by atoms with Crippen molar-refractivity contribution < 1.29 is 19.1 Å². The predicted molar refractivity (Wildman–Crippen MR) is 143 cm³/mol. The van der Waals surface area contributed by atoms with Gasteiger partial charge in [-0.3, -0.25) is 25.5 Å². The number of nitrogens with one attached hydrogen (secondary N) is 6. The second-order valence-electron chi connectivity index (χ2n) is 11.0. The summed E-state index contributed by atoms with van der Waals surface area (Å²) >= 11 is 8.18. The van der Waals surface area contributed by atoms with Crippen molar-refractivity contribution in [1.29, 1.82) is 0 Å². The highest BCUT2D eigenvalue weighted by Gasteiger charge is 2.48. The van der Waals surface area contributed by atoms with Gasteiger partial charge in [-0.25, -0.2) is 0 Å². The molecule has 5 rings (SSSR count). The molecule has 11 nitrogen and oxygen atoms in total. The molecule has 11 atom stereocenters. The van der Waals surface area contributed by atoms with E-state index < -0.39 is 0 Å². The van der Waals surface area contributed by atoms with Crippen molar-refractivity contribution in [3.63, 3.8) is 0 Å². The van der Waals surface area contributed by atoms with Crippen LogP contribution >= 0.6 is 23.4 Å². The van der Waals surface area contributed by atoms with Gasteiger partial charge in [0.1, 0.15) is 11.5 Å². The number of amides is 2. The molecule has 5 heterocycles. The molecule has 0 aliphatic carbocycles. The Kier molecular flexibility index (Phi) is 9.20. The maximum atomic E-state index is 13.6. The van der Waals surface area contributed by atoms with Crippen LogP contribution in [0, 0.1) is 17.8 Å².